The summed E-state index contributed by atoms with van der Waals surface area (Å²) in [5, 5.41) is 15.8. The van der Waals surface area contributed by atoms with E-state index in [1.807, 2.05) is 13.8 Å². The van der Waals surface area contributed by atoms with Crippen molar-refractivity contribution in [2.45, 2.75) is 59.1 Å². The van der Waals surface area contributed by atoms with Gasteiger partial charge in [0, 0.05) is 19.0 Å². The Kier molecular flexibility index (Phi) is 9.09. The predicted molar refractivity (Wildman–Crippen MR) is 70.8 cm³/mol. The fourth-order valence-electron chi connectivity index (χ4n) is 1.99. The van der Waals surface area contributed by atoms with Gasteiger partial charge in [-0.15, -0.1) is 0 Å². The predicted octanol–water partition coefficient (Wildman–Crippen LogP) is 1.29. The summed E-state index contributed by atoms with van der Waals surface area (Å²) in [6, 6.07) is 0.185. The fourth-order valence-corrected chi connectivity index (χ4v) is 1.99. The van der Waals surface area contributed by atoms with Crippen molar-refractivity contribution in [1.29, 1.82) is 0 Å². The summed E-state index contributed by atoms with van der Waals surface area (Å²) in [5.74, 6) is 0.282. The molecular formula is C13H28N2O2. The zero-order valence-electron chi connectivity index (χ0n) is 11.6. The Morgan fingerprint density at radius 3 is 2.29 bits per heavy atom. The lowest BCUT2D eigenvalue weighted by molar-refractivity contribution is -0.122. The van der Waals surface area contributed by atoms with Crippen LogP contribution < -0.4 is 10.6 Å². The normalized spacial score (nSPS) is 14.7. The summed E-state index contributed by atoms with van der Waals surface area (Å²) < 4.78 is 0. The molecule has 0 aromatic heterocycles. The molecule has 0 rings (SSSR count). The highest BCUT2D eigenvalue weighted by molar-refractivity contribution is 5.76. The third-order valence-corrected chi connectivity index (χ3v) is 3.15. The van der Waals surface area contributed by atoms with Gasteiger partial charge in [0.25, 0.3) is 0 Å². The molecule has 4 heteroatoms. The highest BCUT2D eigenvalue weighted by Crippen LogP contribution is 2.12. The first-order chi connectivity index (χ1) is 8.04. The summed E-state index contributed by atoms with van der Waals surface area (Å²) >= 11 is 0. The van der Waals surface area contributed by atoms with Gasteiger partial charge in [0.1, 0.15) is 0 Å². The molecule has 0 saturated carbocycles. The van der Waals surface area contributed by atoms with Gasteiger partial charge in [-0.3, -0.25) is 4.79 Å². The Bertz CT molecular complexity index is 206. The van der Waals surface area contributed by atoms with E-state index in [2.05, 4.69) is 24.5 Å². The third-order valence-electron chi connectivity index (χ3n) is 3.15. The van der Waals surface area contributed by atoms with Crippen LogP contribution in [0.2, 0.25) is 0 Å². The van der Waals surface area contributed by atoms with Crippen LogP contribution >= 0.6 is 0 Å². The first-order valence-corrected chi connectivity index (χ1v) is 6.73. The van der Waals surface area contributed by atoms with Crippen molar-refractivity contribution >= 4 is 5.91 Å². The van der Waals surface area contributed by atoms with Crippen molar-refractivity contribution in [3.8, 4) is 0 Å². The van der Waals surface area contributed by atoms with Crippen molar-refractivity contribution in [3.05, 3.63) is 0 Å². The Morgan fingerprint density at radius 1 is 1.24 bits per heavy atom. The van der Waals surface area contributed by atoms with Crippen LogP contribution in [-0.4, -0.2) is 36.2 Å². The topological polar surface area (TPSA) is 61.4 Å². The average Bonchev–Trinajstić information content (AvgIpc) is 2.28. The molecule has 0 fully saturated rings. The minimum Gasteiger partial charge on any atom is -0.391 e. The molecule has 0 aromatic carbocycles. The highest BCUT2D eigenvalue weighted by atomic mass is 16.3. The number of hydrogen-bond acceptors (Lipinski definition) is 3. The van der Waals surface area contributed by atoms with Gasteiger partial charge >= 0.3 is 0 Å². The van der Waals surface area contributed by atoms with E-state index < -0.39 is 6.10 Å². The molecular weight excluding hydrogens is 216 g/mol. The zero-order chi connectivity index (χ0) is 13.3. The second-order valence-electron chi connectivity index (χ2n) is 4.61. The van der Waals surface area contributed by atoms with Crippen LogP contribution in [0.1, 0.15) is 47.0 Å². The molecule has 0 radical (unpaired) electrons. The highest BCUT2D eigenvalue weighted by Gasteiger charge is 2.16. The summed E-state index contributed by atoms with van der Waals surface area (Å²) in [6.45, 7) is 9.36. The van der Waals surface area contributed by atoms with Gasteiger partial charge < -0.3 is 15.7 Å². The first-order valence-electron chi connectivity index (χ1n) is 6.73. The molecule has 1 amide bonds. The van der Waals surface area contributed by atoms with Gasteiger partial charge in [-0.25, -0.2) is 0 Å². The van der Waals surface area contributed by atoms with E-state index in [9.17, 15) is 9.90 Å². The largest absolute Gasteiger partial charge is 0.391 e. The van der Waals surface area contributed by atoms with Gasteiger partial charge in [0.15, 0.2) is 0 Å². The second-order valence-corrected chi connectivity index (χ2v) is 4.61. The van der Waals surface area contributed by atoms with Crippen LogP contribution in [0.15, 0.2) is 0 Å². The average molecular weight is 244 g/mol. The molecule has 2 atom stereocenters. The Morgan fingerprint density at radius 2 is 1.82 bits per heavy atom. The van der Waals surface area contributed by atoms with Crippen LogP contribution in [0.4, 0.5) is 0 Å². The standard InChI is InChI=1S/C13H28N2O2/c1-5-11(6-2)12(16)9-15-13(17)8-10(4)14-7-3/h10-12,14,16H,5-9H2,1-4H3,(H,15,17). The van der Waals surface area contributed by atoms with Crippen molar-refractivity contribution in [3.63, 3.8) is 0 Å². The maximum absolute atomic E-state index is 11.6. The molecule has 0 aliphatic heterocycles. The van der Waals surface area contributed by atoms with Crippen LogP contribution in [0, 0.1) is 5.92 Å². The lowest BCUT2D eigenvalue weighted by Crippen LogP contribution is -2.39. The van der Waals surface area contributed by atoms with Crippen molar-refractivity contribution < 1.29 is 9.90 Å². The molecule has 0 heterocycles. The quantitative estimate of drug-likeness (QED) is 0.573. The molecule has 2 unspecified atom stereocenters. The number of aliphatic hydroxyl groups excluding tert-OH is 1. The second kappa shape index (κ2) is 9.42. The smallest absolute Gasteiger partial charge is 0.221 e. The van der Waals surface area contributed by atoms with Crippen LogP contribution in [-0.2, 0) is 4.79 Å². The minimum absolute atomic E-state index is 0.00320. The number of nitrogens with one attached hydrogen (secondary N) is 2. The summed E-state index contributed by atoms with van der Waals surface area (Å²) in [7, 11) is 0. The van der Waals surface area contributed by atoms with Crippen molar-refractivity contribution in [2.24, 2.45) is 5.92 Å². The molecule has 0 aliphatic carbocycles. The van der Waals surface area contributed by atoms with Crippen LogP contribution in [0.5, 0.6) is 0 Å². The lowest BCUT2D eigenvalue weighted by atomic mass is 9.96. The number of hydrogen-bond donors (Lipinski definition) is 3. The number of amides is 1. The fraction of sp³-hybridized carbons (Fsp3) is 0.923. The van der Waals surface area contributed by atoms with Crippen LogP contribution in [0.25, 0.3) is 0 Å². The van der Waals surface area contributed by atoms with E-state index in [4.69, 9.17) is 0 Å². The number of rotatable bonds is 9. The first kappa shape index (κ1) is 16.4. The zero-order valence-corrected chi connectivity index (χ0v) is 11.6. The molecule has 102 valence electrons. The summed E-state index contributed by atoms with van der Waals surface area (Å²) in [5.41, 5.74) is 0. The number of carbonyl (C=O) groups excluding carboxylic acids is 1. The third kappa shape index (κ3) is 7.34. The van der Waals surface area contributed by atoms with Gasteiger partial charge in [-0.05, 0) is 19.4 Å². The van der Waals surface area contributed by atoms with E-state index in [-0.39, 0.29) is 17.9 Å². The molecule has 4 nitrogen and oxygen atoms in total. The molecule has 3 N–H and O–H groups in total. The Labute approximate surface area is 105 Å². The molecule has 0 saturated heterocycles. The van der Waals surface area contributed by atoms with E-state index >= 15 is 0 Å². The van der Waals surface area contributed by atoms with Crippen molar-refractivity contribution in [1.82, 2.24) is 10.6 Å². The Balaban J connectivity index is 3.83. The maximum Gasteiger partial charge on any atom is 0.221 e. The summed E-state index contributed by atoms with van der Waals surface area (Å²) in [4.78, 5) is 11.6. The van der Waals surface area contributed by atoms with E-state index in [1.54, 1.807) is 0 Å². The molecule has 0 bridgehead atoms. The van der Waals surface area contributed by atoms with Gasteiger partial charge in [0.05, 0.1) is 6.10 Å². The monoisotopic (exact) mass is 244 g/mol. The molecule has 0 aromatic rings. The summed E-state index contributed by atoms with van der Waals surface area (Å²) in [6.07, 6.45) is 1.93. The van der Waals surface area contributed by atoms with Gasteiger partial charge in [0.2, 0.25) is 5.91 Å². The van der Waals surface area contributed by atoms with Gasteiger partial charge in [-0.2, -0.15) is 0 Å². The van der Waals surface area contributed by atoms with E-state index in [0.717, 1.165) is 19.4 Å². The lowest BCUT2D eigenvalue weighted by Gasteiger charge is -2.21. The van der Waals surface area contributed by atoms with E-state index in [1.165, 1.54) is 0 Å². The van der Waals surface area contributed by atoms with Gasteiger partial charge in [-0.1, -0.05) is 33.6 Å². The molecule has 17 heavy (non-hydrogen) atoms. The van der Waals surface area contributed by atoms with Crippen LogP contribution in [0.3, 0.4) is 0 Å². The maximum atomic E-state index is 11.6. The SMILES string of the molecule is CCNC(C)CC(=O)NCC(O)C(CC)CC. The minimum atomic E-state index is -0.427. The Hall–Kier alpha value is -0.610. The number of aliphatic hydroxyl groups is 1. The molecule has 0 spiro atoms. The van der Waals surface area contributed by atoms with Crippen molar-refractivity contribution in [2.75, 3.05) is 13.1 Å². The molecule has 0 aliphatic rings. The van der Waals surface area contributed by atoms with E-state index in [0.29, 0.717) is 13.0 Å². The number of carbonyl (C=O) groups is 1.